The van der Waals surface area contributed by atoms with Crippen molar-refractivity contribution >= 4 is 186 Å². The quantitative estimate of drug-likeness (QED) is 0.160. The molecular formula is C120H88BN5S2. The van der Waals surface area contributed by atoms with Crippen LogP contribution in [0.25, 0.3) is 190 Å². The van der Waals surface area contributed by atoms with E-state index in [0.29, 0.717) is 0 Å². The van der Waals surface area contributed by atoms with Gasteiger partial charge >= 0.3 is 0 Å². The molecule has 0 N–H and O–H groups in total. The number of nitrogens with zero attached hydrogens (tertiary/aromatic N) is 5. The van der Waals surface area contributed by atoms with Crippen LogP contribution in [0, 0.1) is 0 Å². The fraction of sp³-hybridized carbons (Fsp3) is 0.100. The summed E-state index contributed by atoms with van der Waals surface area (Å²) in [6.07, 6.45) is 0. The number of anilines is 6. The van der Waals surface area contributed by atoms with Gasteiger partial charge in [-0.1, -0.05) is 299 Å². The van der Waals surface area contributed by atoms with Crippen molar-refractivity contribution in [2.45, 2.75) is 78.6 Å². The van der Waals surface area contributed by atoms with Gasteiger partial charge < -0.3 is 23.5 Å². The molecule has 0 saturated carbocycles. The van der Waals surface area contributed by atoms with Gasteiger partial charge in [-0.3, -0.25) is 0 Å². The van der Waals surface area contributed by atoms with Crippen molar-refractivity contribution in [1.82, 2.24) is 13.7 Å². The third kappa shape index (κ3) is 11.1. The number of hydrogen-bond donors (Lipinski definition) is 0. The predicted octanol–water partition coefficient (Wildman–Crippen LogP) is 32.0. The largest absolute Gasteiger partial charge is 0.310 e. The maximum Gasteiger partial charge on any atom is 0.252 e. The van der Waals surface area contributed by atoms with E-state index in [1.165, 1.54) is 128 Å². The van der Waals surface area contributed by atoms with Gasteiger partial charge in [-0.15, -0.1) is 22.7 Å². The van der Waals surface area contributed by atoms with Crippen LogP contribution in [0.5, 0.6) is 0 Å². The molecule has 608 valence electrons. The van der Waals surface area contributed by atoms with Crippen molar-refractivity contribution < 1.29 is 0 Å². The number of hydrogen-bond acceptors (Lipinski definition) is 4. The third-order valence-electron chi connectivity index (χ3n) is 28.1. The van der Waals surface area contributed by atoms with Gasteiger partial charge in [-0.25, -0.2) is 0 Å². The summed E-state index contributed by atoms with van der Waals surface area (Å²) in [4.78, 5) is 5.59. The molecule has 128 heavy (non-hydrogen) atoms. The first-order valence-corrected chi connectivity index (χ1v) is 46.6. The fourth-order valence-electron chi connectivity index (χ4n) is 21.9. The highest BCUT2D eigenvalue weighted by molar-refractivity contribution is 7.27. The van der Waals surface area contributed by atoms with Crippen LogP contribution >= 0.6 is 22.7 Å². The zero-order valence-corrected chi connectivity index (χ0v) is 74.5. The van der Waals surface area contributed by atoms with E-state index in [1.807, 2.05) is 22.7 Å². The van der Waals surface area contributed by atoms with E-state index < -0.39 is 5.41 Å². The molecule has 8 heterocycles. The van der Waals surface area contributed by atoms with Crippen LogP contribution in [-0.2, 0) is 16.2 Å². The van der Waals surface area contributed by atoms with Crippen LogP contribution in [0.2, 0.25) is 0 Å². The molecule has 0 unspecified atom stereocenters. The molecule has 18 aromatic carbocycles. The average molecular weight is 1680 g/mol. The summed E-state index contributed by atoms with van der Waals surface area (Å²) >= 11 is 3.82. The lowest BCUT2D eigenvalue weighted by Gasteiger charge is -2.47. The SMILES string of the molecule is CC(C)(C)c1cc(-c2ccccc2)c2c(c1)-c1cccc(c1)-c1ccc3c(c1)c1cc(ccc1n3-c1ccccc1)-c1cccc(c1)-c1cc(C(C)(C)C)cc(-c3ccccc3)c1N1c3cc(-n4c5ccccc5c5ccc6c7ccccc7sc6c54)ccc3B3c4ccc(-n5c6ccccc6c6ccc7c8ccccc8sc7c65)cc4N2c2cc(C(C)(C)C)cc1c23. The third-order valence-corrected chi connectivity index (χ3v) is 30.5. The Kier molecular flexibility index (Phi) is 16.1. The van der Waals surface area contributed by atoms with Crippen LogP contribution in [0.3, 0.4) is 0 Å². The van der Waals surface area contributed by atoms with Gasteiger partial charge in [-0.2, -0.15) is 0 Å². The molecule has 13 bridgehead atoms. The van der Waals surface area contributed by atoms with Crippen molar-refractivity contribution in [2.24, 2.45) is 0 Å². The molecule has 0 radical (unpaired) electrons. The summed E-state index contributed by atoms with van der Waals surface area (Å²) in [6.45, 7) is 21.3. The fourth-order valence-corrected chi connectivity index (χ4v) is 24.3. The first-order valence-electron chi connectivity index (χ1n) is 45.0. The predicted molar refractivity (Wildman–Crippen MR) is 552 cm³/mol. The van der Waals surface area contributed by atoms with E-state index in [-0.39, 0.29) is 17.5 Å². The molecular weight excluding hydrogens is 1590 g/mol. The van der Waals surface area contributed by atoms with Gasteiger partial charge in [0.25, 0.3) is 6.71 Å². The van der Waals surface area contributed by atoms with E-state index >= 15 is 0 Å². The molecule has 0 aliphatic carbocycles. The number of para-hydroxylation sites is 3. The second-order valence-electron chi connectivity index (χ2n) is 38.7. The van der Waals surface area contributed by atoms with E-state index in [4.69, 9.17) is 0 Å². The van der Waals surface area contributed by atoms with Gasteiger partial charge in [0.15, 0.2) is 0 Å². The Morgan fingerprint density at radius 3 is 1.02 bits per heavy atom. The highest BCUT2D eigenvalue weighted by atomic mass is 32.1. The summed E-state index contributed by atoms with van der Waals surface area (Å²) in [5, 5.41) is 12.4. The second-order valence-corrected chi connectivity index (χ2v) is 40.8. The van der Waals surface area contributed by atoms with E-state index in [2.05, 4.69) is 456 Å². The standard InChI is InChI=1S/C120H88BN5S2/c1-118(2,3)79-63-93(71-29-13-10-14-30-71)112-95(65-79)77-35-27-33-73(59-77)75-47-57-103-97(61-75)98-62-76(48-58-104(98)122(103)82-37-17-12-18-38-82)74-34-28-36-78(60-74)96-66-80(119(4,5)6)64-94(72-31-15-11-16-32-72)113(96)126-106-70-84(124-102-44-24-20-40-86(102)90-52-54-92-88-42-22-26-46-110(88)128-117(92)115(90)124)50-56-100(106)121-99-55-49-83(69-105(99)125(112)107-67-81(120(7,8)9)68-108(126)111(107)121)123-101-43-23-19-39-85(101)89-51-53-91-87-41-21-25-45-109(87)127-116(91)114(89)123/h10-70H,1-9H3. The topological polar surface area (TPSA) is 21.3 Å². The Morgan fingerprint density at radius 2 is 0.578 bits per heavy atom. The molecule has 0 saturated heterocycles. The molecule has 0 amide bonds. The van der Waals surface area contributed by atoms with Gasteiger partial charge in [0.05, 0.1) is 53.9 Å². The Bertz CT molecular complexity index is 8240. The molecule has 0 spiro atoms. The zero-order valence-electron chi connectivity index (χ0n) is 72.8. The normalized spacial score (nSPS) is 13.1. The molecule has 3 aliphatic rings. The Hall–Kier alpha value is -14.5. The first-order chi connectivity index (χ1) is 62.4. The summed E-state index contributed by atoms with van der Waals surface area (Å²) in [7, 11) is 0. The van der Waals surface area contributed by atoms with Crippen LogP contribution in [0.4, 0.5) is 34.1 Å². The zero-order chi connectivity index (χ0) is 85.6. The molecule has 3 aliphatic heterocycles. The van der Waals surface area contributed by atoms with Crippen molar-refractivity contribution in [3.8, 4) is 83.8 Å². The number of fused-ring (bicyclic) bond motifs is 34. The van der Waals surface area contributed by atoms with Gasteiger partial charge in [0.2, 0.25) is 0 Å². The minimum Gasteiger partial charge on any atom is -0.310 e. The number of aromatic nitrogens is 3. The smallest absolute Gasteiger partial charge is 0.252 e. The summed E-state index contributed by atoms with van der Waals surface area (Å²) < 4.78 is 12.8. The summed E-state index contributed by atoms with van der Waals surface area (Å²) in [6, 6.07) is 144. The number of rotatable bonds is 5. The lowest BCUT2D eigenvalue weighted by Crippen LogP contribution is -2.61. The van der Waals surface area contributed by atoms with Crippen LogP contribution in [-0.4, -0.2) is 20.4 Å². The van der Waals surface area contributed by atoms with Crippen LogP contribution in [0.15, 0.2) is 370 Å². The van der Waals surface area contributed by atoms with Crippen LogP contribution in [0.1, 0.15) is 79.0 Å². The monoisotopic (exact) mass is 1670 g/mol. The van der Waals surface area contributed by atoms with Crippen molar-refractivity contribution in [1.29, 1.82) is 0 Å². The van der Waals surface area contributed by atoms with E-state index in [0.717, 1.165) is 129 Å². The molecule has 23 aromatic rings. The second kappa shape index (κ2) is 27.5. The van der Waals surface area contributed by atoms with Gasteiger partial charge in [0.1, 0.15) is 0 Å². The maximum atomic E-state index is 2.80. The minimum absolute atomic E-state index is 0.283. The van der Waals surface area contributed by atoms with Crippen molar-refractivity contribution in [2.75, 3.05) is 9.80 Å². The van der Waals surface area contributed by atoms with Gasteiger partial charge in [-0.05, 0) is 227 Å². The molecule has 26 rings (SSSR count). The summed E-state index contributed by atoms with van der Waals surface area (Å²) in [5.74, 6) is 0. The Morgan fingerprint density at radius 1 is 0.227 bits per heavy atom. The average Bonchev–Trinajstić information content (AvgIpc) is 0.778. The molecule has 0 atom stereocenters. The molecule has 5 nitrogen and oxygen atoms in total. The Labute approximate surface area is 752 Å². The van der Waals surface area contributed by atoms with Crippen molar-refractivity contribution in [3.63, 3.8) is 0 Å². The maximum absolute atomic E-state index is 2.80. The molecule has 0 fully saturated rings. The minimum atomic E-state index is -0.402. The highest BCUT2D eigenvalue weighted by Crippen LogP contribution is 2.58. The Balaban J connectivity index is 0.866. The number of thiophene rings is 2. The molecule has 8 heteroatoms. The van der Waals surface area contributed by atoms with Crippen LogP contribution < -0.4 is 26.2 Å². The van der Waals surface area contributed by atoms with Crippen molar-refractivity contribution in [3.05, 3.63) is 387 Å². The van der Waals surface area contributed by atoms with Gasteiger partial charge in [0, 0.05) is 125 Å². The van der Waals surface area contributed by atoms with E-state index in [9.17, 15) is 0 Å². The summed E-state index contributed by atoms with van der Waals surface area (Å²) in [5.41, 5.74) is 37.3. The molecule has 5 aromatic heterocycles. The van der Waals surface area contributed by atoms with E-state index in [1.54, 1.807) is 0 Å². The highest BCUT2D eigenvalue weighted by Gasteiger charge is 2.47. The lowest BCUT2D eigenvalue weighted by atomic mass is 9.33. The lowest BCUT2D eigenvalue weighted by molar-refractivity contribution is 0.590. The first kappa shape index (κ1) is 74.9. The number of benzene rings is 18.